The molecule has 0 fully saturated rings. The van der Waals surface area contributed by atoms with E-state index in [1.54, 1.807) is 37.1 Å². The molecule has 0 spiro atoms. The summed E-state index contributed by atoms with van der Waals surface area (Å²) in [6.45, 7) is 5.30. The summed E-state index contributed by atoms with van der Waals surface area (Å²) < 4.78 is 3.68. The Labute approximate surface area is 343 Å². The second kappa shape index (κ2) is 17.6. The van der Waals surface area contributed by atoms with Gasteiger partial charge in [-0.25, -0.2) is 9.97 Å². The molecule has 0 bridgehead atoms. The molecule has 59 heavy (non-hydrogen) atoms. The first-order chi connectivity index (χ1) is 28.8. The standard InChI is InChI=1S/C25H24N8O.C18H14ClN5O/c1-16(2)18-8-25(32-28-11-18)31-24-6-5-22-23(30-24)7-19(10-27-22)20-12-29-33(14-20)13-17-3-4-21(15-34)26-9-17;19-18-4-3-16-17(23-18)5-13(7-21-16)14-8-22-24(10-14)9-12-1-2-15(11-25)20-6-12/h3-12,14,16,34H,13,15H2,1-2H3,(H,30,31,32);1-8,10,25H,9,11H2. The van der Waals surface area contributed by atoms with Crippen LogP contribution in [0.15, 0.2) is 123 Å². The van der Waals surface area contributed by atoms with E-state index in [1.807, 2.05) is 94.8 Å². The largest absolute Gasteiger partial charge is 0.390 e. The Morgan fingerprint density at radius 1 is 0.576 bits per heavy atom. The van der Waals surface area contributed by atoms with Crippen molar-refractivity contribution in [1.82, 2.24) is 59.7 Å². The number of hydrogen-bond acceptors (Lipinski definition) is 13. The van der Waals surface area contributed by atoms with E-state index >= 15 is 0 Å². The quantitative estimate of drug-likeness (QED) is 0.112. The summed E-state index contributed by atoms with van der Waals surface area (Å²) in [4.78, 5) is 26.4. The van der Waals surface area contributed by atoms with Crippen LogP contribution in [-0.4, -0.2) is 69.9 Å². The number of aliphatic hydroxyl groups excluding tert-OH is 2. The molecular formula is C43H38ClN13O2. The lowest BCUT2D eigenvalue weighted by Crippen LogP contribution is -2.01. The molecule has 0 radical (unpaired) electrons. The van der Waals surface area contributed by atoms with Crippen molar-refractivity contribution in [3.63, 3.8) is 0 Å². The Bertz CT molecular complexity index is 2840. The van der Waals surface area contributed by atoms with Crippen LogP contribution in [0.3, 0.4) is 0 Å². The lowest BCUT2D eigenvalue weighted by molar-refractivity contribution is 0.276. The van der Waals surface area contributed by atoms with E-state index < -0.39 is 0 Å². The number of anilines is 2. The van der Waals surface area contributed by atoms with Crippen molar-refractivity contribution in [2.24, 2.45) is 0 Å². The van der Waals surface area contributed by atoms with Gasteiger partial charge < -0.3 is 15.5 Å². The third-order valence-electron chi connectivity index (χ3n) is 9.36. The molecule has 0 aliphatic heterocycles. The Morgan fingerprint density at radius 2 is 1.15 bits per heavy atom. The molecule has 0 saturated heterocycles. The fourth-order valence-electron chi connectivity index (χ4n) is 6.12. The summed E-state index contributed by atoms with van der Waals surface area (Å²) in [5.74, 6) is 1.70. The van der Waals surface area contributed by atoms with Crippen molar-refractivity contribution in [3.05, 3.63) is 156 Å². The number of aromatic nitrogens is 12. The number of pyridine rings is 6. The molecule has 9 aromatic heterocycles. The monoisotopic (exact) mass is 803 g/mol. The van der Waals surface area contributed by atoms with Gasteiger partial charge in [-0.3, -0.25) is 29.3 Å². The average Bonchev–Trinajstić information content (AvgIpc) is 3.94. The van der Waals surface area contributed by atoms with Gasteiger partial charge in [0, 0.05) is 59.4 Å². The van der Waals surface area contributed by atoms with Crippen molar-refractivity contribution in [2.45, 2.75) is 46.1 Å². The molecule has 0 aromatic carbocycles. The zero-order valence-electron chi connectivity index (χ0n) is 32.1. The maximum absolute atomic E-state index is 9.14. The van der Waals surface area contributed by atoms with Crippen LogP contribution < -0.4 is 5.32 Å². The van der Waals surface area contributed by atoms with Gasteiger partial charge in [-0.1, -0.05) is 37.6 Å². The topological polar surface area (TPSA) is 191 Å². The molecule has 16 heteroatoms. The Hall–Kier alpha value is -7.07. The first kappa shape index (κ1) is 38.8. The average molecular weight is 804 g/mol. The number of rotatable bonds is 11. The summed E-state index contributed by atoms with van der Waals surface area (Å²) >= 11 is 5.96. The lowest BCUT2D eigenvalue weighted by Gasteiger charge is -2.09. The highest BCUT2D eigenvalue weighted by Crippen LogP contribution is 2.25. The summed E-state index contributed by atoms with van der Waals surface area (Å²) in [6.07, 6.45) is 16.4. The minimum Gasteiger partial charge on any atom is -0.390 e. The van der Waals surface area contributed by atoms with Gasteiger partial charge in [0.2, 0.25) is 0 Å². The number of hydrogen-bond donors (Lipinski definition) is 3. The molecule has 0 amide bonds. The van der Waals surface area contributed by atoms with E-state index in [4.69, 9.17) is 26.8 Å². The first-order valence-corrected chi connectivity index (χ1v) is 19.1. The molecular weight excluding hydrogens is 766 g/mol. The lowest BCUT2D eigenvalue weighted by atomic mass is 10.1. The normalized spacial score (nSPS) is 11.2. The number of nitrogens with one attached hydrogen (secondary N) is 1. The molecule has 9 heterocycles. The molecule has 3 N–H and O–H groups in total. The fourth-order valence-corrected chi connectivity index (χ4v) is 6.27. The zero-order valence-corrected chi connectivity index (χ0v) is 32.8. The highest BCUT2D eigenvalue weighted by Gasteiger charge is 2.10. The summed E-state index contributed by atoms with van der Waals surface area (Å²) in [6, 6.07) is 20.8. The number of aliphatic hydroxyl groups is 2. The minimum atomic E-state index is -0.0653. The Balaban J connectivity index is 0.000000172. The third-order valence-corrected chi connectivity index (χ3v) is 9.57. The van der Waals surface area contributed by atoms with Gasteiger partial charge in [-0.15, -0.1) is 5.10 Å². The van der Waals surface area contributed by atoms with Gasteiger partial charge in [0.1, 0.15) is 11.0 Å². The van der Waals surface area contributed by atoms with Crippen LogP contribution >= 0.6 is 11.6 Å². The molecule has 0 aliphatic rings. The van der Waals surface area contributed by atoms with E-state index in [0.717, 1.165) is 61.0 Å². The molecule has 9 rings (SSSR count). The SMILES string of the molecule is CC(C)c1cnnc(Nc2ccc3ncc(-c4cnn(Cc5ccc(CO)nc5)c4)cc3n2)c1.OCc1ccc(Cn2cc(-c3cnc4ccc(Cl)nc4c3)cn2)cn1. The molecule has 294 valence electrons. The smallest absolute Gasteiger partial charge is 0.154 e. The maximum atomic E-state index is 9.14. The van der Waals surface area contributed by atoms with Gasteiger partial charge in [0.15, 0.2) is 5.82 Å². The van der Waals surface area contributed by atoms with Crippen LogP contribution in [0.5, 0.6) is 0 Å². The van der Waals surface area contributed by atoms with Gasteiger partial charge >= 0.3 is 0 Å². The minimum absolute atomic E-state index is 0.0563. The van der Waals surface area contributed by atoms with Crippen LogP contribution in [0.4, 0.5) is 11.6 Å². The van der Waals surface area contributed by atoms with Crippen LogP contribution in [-0.2, 0) is 26.3 Å². The van der Waals surface area contributed by atoms with Crippen molar-refractivity contribution in [2.75, 3.05) is 5.32 Å². The van der Waals surface area contributed by atoms with Crippen LogP contribution in [0.1, 0.15) is 47.8 Å². The summed E-state index contributed by atoms with van der Waals surface area (Å²) in [5, 5.41) is 39.0. The second-order valence-electron chi connectivity index (χ2n) is 14.0. The first-order valence-electron chi connectivity index (χ1n) is 18.7. The Kier molecular flexibility index (Phi) is 11.6. The second-order valence-corrected chi connectivity index (χ2v) is 14.4. The molecule has 0 aliphatic carbocycles. The van der Waals surface area contributed by atoms with E-state index in [2.05, 4.69) is 64.5 Å². The predicted molar refractivity (Wildman–Crippen MR) is 224 cm³/mol. The zero-order chi connectivity index (χ0) is 40.7. The van der Waals surface area contributed by atoms with Crippen molar-refractivity contribution < 1.29 is 10.2 Å². The van der Waals surface area contributed by atoms with Gasteiger partial charge in [0.05, 0.1) is 78.3 Å². The molecule has 0 saturated carbocycles. The third kappa shape index (κ3) is 9.56. The maximum Gasteiger partial charge on any atom is 0.154 e. The van der Waals surface area contributed by atoms with Crippen LogP contribution in [0.25, 0.3) is 44.3 Å². The van der Waals surface area contributed by atoms with Crippen molar-refractivity contribution >= 4 is 45.3 Å². The van der Waals surface area contributed by atoms with Gasteiger partial charge in [0.25, 0.3) is 0 Å². The molecule has 0 atom stereocenters. The van der Waals surface area contributed by atoms with Crippen molar-refractivity contribution in [1.29, 1.82) is 0 Å². The fraction of sp³-hybridized carbons (Fsp3) is 0.163. The molecule has 15 nitrogen and oxygen atoms in total. The molecule has 0 unspecified atom stereocenters. The van der Waals surface area contributed by atoms with E-state index in [-0.39, 0.29) is 13.2 Å². The van der Waals surface area contributed by atoms with Crippen LogP contribution in [0.2, 0.25) is 5.15 Å². The van der Waals surface area contributed by atoms with Gasteiger partial charge in [-0.2, -0.15) is 15.3 Å². The van der Waals surface area contributed by atoms with E-state index in [1.165, 1.54) is 0 Å². The highest BCUT2D eigenvalue weighted by molar-refractivity contribution is 6.29. The van der Waals surface area contributed by atoms with E-state index in [0.29, 0.717) is 47.2 Å². The highest BCUT2D eigenvalue weighted by atomic mass is 35.5. The summed E-state index contributed by atoms with van der Waals surface area (Å²) in [5.41, 5.74) is 11.3. The van der Waals surface area contributed by atoms with Crippen molar-refractivity contribution in [3.8, 4) is 22.3 Å². The molecule has 9 aromatic rings. The number of nitrogens with zero attached hydrogens (tertiary/aromatic N) is 12. The van der Waals surface area contributed by atoms with Crippen LogP contribution in [0, 0.1) is 0 Å². The number of halogens is 1. The number of fused-ring (bicyclic) bond motifs is 2. The van der Waals surface area contributed by atoms with E-state index in [9.17, 15) is 0 Å². The summed E-state index contributed by atoms with van der Waals surface area (Å²) in [7, 11) is 0. The van der Waals surface area contributed by atoms with Gasteiger partial charge in [-0.05, 0) is 77.2 Å². The Morgan fingerprint density at radius 3 is 1.69 bits per heavy atom. The predicted octanol–water partition coefficient (Wildman–Crippen LogP) is 7.17.